The second-order valence-electron chi connectivity index (χ2n) is 31.3. The summed E-state index contributed by atoms with van der Waals surface area (Å²) in [5.74, 6) is 0.336. The molecule has 0 bridgehead atoms. The number of anilines is 3. The number of benzene rings is 2. The maximum absolute atomic E-state index is 14.1. The first-order valence-corrected chi connectivity index (χ1v) is 41.5. The van der Waals surface area contributed by atoms with Crippen LogP contribution < -0.4 is 16.0 Å². The SMILES string of the molecule is Cc1ncc([C@H](C(=O)O)N2CC[C@@H](OCCCCc3ccc4c(n3)NCCC4)C2)c(C2CCCCO2)n1.O=C(O)[C@@H](c1ccc(F)cc1C1CCCCO1)N1CC[C@@H](OCCCCc2ccc3c(n2)NCCC3)C1.O=C(O)[C@H](c1ccc(F)cc1C1CCCCO1)N1CC[C@@H](OCCCCc2ccc3c(n2)NCCC3)C1. The predicted octanol–water partition coefficient (Wildman–Crippen LogP) is 14.1. The molecule has 600 valence electrons. The van der Waals surface area contributed by atoms with Crippen LogP contribution in [-0.4, -0.2) is 190 Å². The van der Waals surface area contributed by atoms with Gasteiger partial charge in [0.25, 0.3) is 0 Å². The molecule has 15 rings (SSSR count). The average molecular weight is 1530 g/mol. The maximum Gasteiger partial charge on any atom is 0.325 e. The molecule has 9 atom stereocenters. The Balaban J connectivity index is 0.000000146. The van der Waals surface area contributed by atoms with Crippen LogP contribution >= 0.6 is 0 Å². The van der Waals surface area contributed by atoms with Crippen LogP contribution in [0.5, 0.6) is 0 Å². The molecule has 6 fully saturated rings. The zero-order chi connectivity index (χ0) is 76.8. The fourth-order valence-corrected chi connectivity index (χ4v) is 17.4. The highest BCUT2D eigenvalue weighted by molar-refractivity contribution is 5.77. The minimum absolute atomic E-state index is 0.00254. The number of carboxylic acids is 3. The first-order valence-electron chi connectivity index (χ1n) is 41.5. The van der Waals surface area contributed by atoms with E-state index in [-0.39, 0.29) is 48.3 Å². The summed E-state index contributed by atoms with van der Waals surface area (Å²) >= 11 is 0. The third kappa shape index (κ3) is 22.4. The Labute approximate surface area is 652 Å². The Morgan fingerprint density at radius 3 is 1.19 bits per heavy atom. The van der Waals surface area contributed by atoms with E-state index in [0.29, 0.717) is 113 Å². The number of carboxylic acid groups (broad SMARTS) is 3. The molecule has 0 radical (unpaired) electrons. The quantitative estimate of drug-likeness (QED) is 0.0229. The molecule has 4 aromatic heterocycles. The van der Waals surface area contributed by atoms with Crippen LogP contribution in [0, 0.1) is 18.6 Å². The molecule has 0 saturated carbocycles. The summed E-state index contributed by atoms with van der Waals surface area (Å²) in [6, 6.07) is 19.4. The van der Waals surface area contributed by atoms with Crippen LogP contribution in [0.3, 0.4) is 0 Å². The van der Waals surface area contributed by atoms with Gasteiger partial charge >= 0.3 is 17.9 Å². The number of aromatic nitrogens is 5. The zero-order valence-corrected chi connectivity index (χ0v) is 64.7. The van der Waals surface area contributed by atoms with Crippen molar-refractivity contribution >= 4 is 35.4 Å². The highest BCUT2D eigenvalue weighted by atomic mass is 19.1. The molecule has 111 heavy (non-hydrogen) atoms. The van der Waals surface area contributed by atoms with E-state index in [2.05, 4.69) is 62.3 Å². The third-order valence-electron chi connectivity index (χ3n) is 23.2. The van der Waals surface area contributed by atoms with Gasteiger partial charge in [-0.25, -0.2) is 33.7 Å². The average Bonchev–Trinajstić information content (AvgIpc) is 1.79. The molecule has 23 nitrogen and oxygen atoms in total. The Kier molecular flexibility index (Phi) is 29.9. The van der Waals surface area contributed by atoms with Gasteiger partial charge in [0.2, 0.25) is 0 Å². The Bertz CT molecular complexity index is 3630. The molecule has 6 aromatic rings. The molecule has 6 N–H and O–H groups in total. The van der Waals surface area contributed by atoms with Gasteiger partial charge in [0, 0.05) is 127 Å². The number of unbranched alkanes of at least 4 members (excludes halogenated alkanes) is 3. The van der Waals surface area contributed by atoms with Crippen LogP contribution in [0.1, 0.15) is 244 Å². The molecule has 0 amide bonds. The van der Waals surface area contributed by atoms with E-state index in [1.54, 1.807) is 18.3 Å². The number of aliphatic carboxylic acids is 3. The summed E-state index contributed by atoms with van der Waals surface area (Å²) < 4.78 is 64.5. The Morgan fingerprint density at radius 2 is 0.829 bits per heavy atom. The van der Waals surface area contributed by atoms with Gasteiger partial charge in [-0.15, -0.1) is 0 Å². The predicted molar refractivity (Wildman–Crippen MR) is 418 cm³/mol. The van der Waals surface area contributed by atoms with Gasteiger partial charge in [-0.3, -0.25) is 29.1 Å². The molecular formula is C86H115F2N11O12. The Morgan fingerprint density at radius 1 is 0.459 bits per heavy atom. The van der Waals surface area contributed by atoms with Crippen molar-refractivity contribution in [2.45, 2.75) is 235 Å². The number of hydrogen-bond acceptors (Lipinski definition) is 20. The highest BCUT2D eigenvalue weighted by Crippen LogP contribution is 2.41. The number of rotatable bonds is 30. The van der Waals surface area contributed by atoms with Gasteiger partial charge < -0.3 is 59.7 Å². The van der Waals surface area contributed by atoms with Crippen molar-refractivity contribution in [3.63, 3.8) is 0 Å². The van der Waals surface area contributed by atoms with E-state index < -0.39 is 36.0 Å². The number of fused-ring (bicyclic) bond motifs is 3. The number of pyridine rings is 3. The number of nitrogens with zero attached hydrogens (tertiary/aromatic N) is 8. The number of ether oxygens (including phenoxy) is 6. The summed E-state index contributed by atoms with van der Waals surface area (Å²) in [4.78, 5) is 66.5. The first-order chi connectivity index (χ1) is 54.2. The second kappa shape index (κ2) is 40.8. The van der Waals surface area contributed by atoms with E-state index in [0.717, 1.165) is 227 Å². The number of likely N-dealkylation sites (tertiary alicyclic amines) is 3. The lowest BCUT2D eigenvalue weighted by atomic mass is 9.92. The van der Waals surface area contributed by atoms with Crippen LogP contribution in [0.2, 0.25) is 0 Å². The van der Waals surface area contributed by atoms with E-state index in [1.165, 1.54) is 47.4 Å². The molecule has 0 aliphatic carbocycles. The van der Waals surface area contributed by atoms with Crippen molar-refractivity contribution in [2.75, 3.05) is 114 Å². The third-order valence-corrected chi connectivity index (χ3v) is 23.2. The van der Waals surface area contributed by atoms with E-state index >= 15 is 0 Å². The first kappa shape index (κ1) is 81.3. The molecule has 2 aromatic carbocycles. The molecule has 25 heteroatoms. The zero-order valence-electron chi connectivity index (χ0n) is 64.7. The number of aryl methyl sites for hydroxylation is 7. The van der Waals surface area contributed by atoms with Crippen LogP contribution in [0.4, 0.5) is 26.2 Å². The van der Waals surface area contributed by atoms with E-state index in [4.69, 9.17) is 43.4 Å². The topological polar surface area (TPSA) is 278 Å². The monoisotopic (exact) mass is 1530 g/mol. The lowest BCUT2D eigenvalue weighted by Gasteiger charge is -2.30. The van der Waals surface area contributed by atoms with E-state index in [1.807, 2.05) is 21.6 Å². The molecule has 6 saturated heterocycles. The van der Waals surface area contributed by atoms with Gasteiger partial charge in [-0.2, -0.15) is 0 Å². The standard InChI is InChI=1S/2C29H38FN3O4.C28H39N5O4/c2*30-21-10-12-24(25(18-21)26-8-2-4-17-37-26)27(29(34)35)33-15-13-23(19-33)36-16-3-1-7-22-11-9-20-6-5-14-31-28(20)32-22;1-19-30-17-23(25(31-19)24-9-3-5-16-37-24)26(28(34)35)33-14-12-22(18-33)36-15-4-2-8-21-11-10-20-7-6-13-29-27(20)32-21/h2*9-12,18,23,26-27H,1-8,13-17,19H2,(H,31,32)(H,34,35);10-11,17,22,24,26H,2-9,12-16,18H2,1H3,(H,29,32)(H,34,35)/t23-,26?,27+;23-,26?,27-;22-,24?,26-/m111/s1. The van der Waals surface area contributed by atoms with Crippen LogP contribution in [-0.2, 0) is 81.3 Å². The van der Waals surface area contributed by atoms with Gasteiger partial charge in [0.15, 0.2) is 0 Å². The van der Waals surface area contributed by atoms with Gasteiger partial charge in [-0.1, -0.05) is 30.3 Å². The van der Waals surface area contributed by atoms with Crippen LogP contribution in [0.15, 0.2) is 79.0 Å². The fraction of sp³-hybridized carbons (Fsp3) is 0.605. The fourth-order valence-electron chi connectivity index (χ4n) is 17.4. The van der Waals surface area contributed by atoms with Gasteiger partial charge in [0.1, 0.15) is 53.0 Å². The van der Waals surface area contributed by atoms with Crippen LogP contribution in [0.25, 0.3) is 0 Å². The molecule has 9 aliphatic rings. The number of carbonyl (C=O) groups is 3. The lowest BCUT2D eigenvalue weighted by molar-refractivity contribution is -0.144. The molecule has 9 aliphatic heterocycles. The number of nitrogens with one attached hydrogen (secondary N) is 3. The van der Waals surface area contributed by atoms with Crippen molar-refractivity contribution < 1.29 is 66.9 Å². The summed E-state index contributed by atoms with van der Waals surface area (Å²) in [7, 11) is 0. The van der Waals surface area contributed by atoms with Gasteiger partial charge in [-0.05, 0) is 262 Å². The smallest absolute Gasteiger partial charge is 0.325 e. The van der Waals surface area contributed by atoms with Crippen molar-refractivity contribution in [1.29, 1.82) is 0 Å². The highest BCUT2D eigenvalue weighted by Gasteiger charge is 2.41. The Hall–Kier alpha value is -7.72. The van der Waals surface area contributed by atoms with Crippen molar-refractivity contribution in [1.82, 2.24) is 39.6 Å². The number of halogens is 2. The molecule has 0 spiro atoms. The lowest BCUT2D eigenvalue weighted by Crippen LogP contribution is -2.35. The normalized spacial score (nSPS) is 22.8. The molecule has 3 unspecified atom stereocenters. The van der Waals surface area contributed by atoms with Crippen molar-refractivity contribution in [3.8, 4) is 0 Å². The van der Waals surface area contributed by atoms with E-state index in [9.17, 15) is 38.5 Å². The summed E-state index contributed by atoms with van der Waals surface area (Å²) in [6.45, 7) is 12.4. The van der Waals surface area contributed by atoms with Crippen molar-refractivity contribution in [3.05, 3.63) is 164 Å². The largest absolute Gasteiger partial charge is 0.480 e. The number of hydrogen-bond donors (Lipinski definition) is 6. The van der Waals surface area contributed by atoms with Crippen molar-refractivity contribution in [2.24, 2.45) is 0 Å². The maximum atomic E-state index is 14.1. The minimum atomic E-state index is -0.920. The summed E-state index contributed by atoms with van der Waals surface area (Å²) in [5.41, 5.74) is 11.3. The minimum Gasteiger partial charge on any atom is -0.480 e. The molecule has 13 heterocycles. The molecular weight excluding hydrogens is 1420 g/mol. The summed E-state index contributed by atoms with van der Waals surface area (Å²) in [6.07, 6.45) is 27.4. The summed E-state index contributed by atoms with van der Waals surface area (Å²) in [5, 5.41) is 40.7. The second-order valence-corrected chi connectivity index (χ2v) is 31.3. The van der Waals surface area contributed by atoms with Gasteiger partial charge in [0.05, 0.1) is 42.3 Å².